The van der Waals surface area contributed by atoms with Crippen LogP contribution in [-0.2, 0) is 11.8 Å². The van der Waals surface area contributed by atoms with E-state index in [0.29, 0.717) is 16.5 Å². The summed E-state index contributed by atoms with van der Waals surface area (Å²) >= 11 is 4.53. The molecule has 10 heteroatoms. The number of carbonyl (C=O) groups excluding carboxylic acids is 2. The predicted octanol–water partition coefficient (Wildman–Crippen LogP) is 2.81. The van der Waals surface area contributed by atoms with Crippen LogP contribution >= 0.6 is 27.7 Å². The molecule has 0 saturated carbocycles. The summed E-state index contributed by atoms with van der Waals surface area (Å²) in [5.41, 5.74) is 6.11. The molecule has 2 amide bonds. The molecule has 0 aliphatic rings. The van der Waals surface area contributed by atoms with Gasteiger partial charge in [-0.05, 0) is 48.5 Å². The molecule has 2 aromatic carbocycles. The number of amides is 2. The lowest BCUT2D eigenvalue weighted by Gasteiger charge is -2.07. The second kappa shape index (κ2) is 9.57. The van der Waals surface area contributed by atoms with Gasteiger partial charge in [-0.3, -0.25) is 20.4 Å². The van der Waals surface area contributed by atoms with Gasteiger partial charge in [0, 0.05) is 22.6 Å². The fourth-order valence-corrected chi connectivity index (χ4v) is 3.37. The molecule has 29 heavy (non-hydrogen) atoms. The lowest BCUT2D eigenvalue weighted by Crippen LogP contribution is -2.42. The third-order valence-electron chi connectivity index (χ3n) is 3.94. The van der Waals surface area contributed by atoms with Gasteiger partial charge in [-0.1, -0.05) is 27.7 Å². The minimum absolute atomic E-state index is 0.0786. The summed E-state index contributed by atoms with van der Waals surface area (Å²) in [5, 5.41) is 8.91. The normalized spacial score (nSPS) is 10.4. The van der Waals surface area contributed by atoms with Crippen LogP contribution in [0.4, 0.5) is 0 Å². The van der Waals surface area contributed by atoms with Crippen molar-refractivity contribution in [3.05, 3.63) is 58.6 Å². The lowest BCUT2D eigenvalue weighted by molar-refractivity contribution is -0.119. The van der Waals surface area contributed by atoms with Crippen LogP contribution in [0.15, 0.2) is 58.2 Å². The van der Waals surface area contributed by atoms with Gasteiger partial charge in [0.1, 0.15) is 5.75 Å². The molecule has 0 aliphatic carbocycles. The number of halogens is 1. The number of hydrogen-bond donors (Lipinski definition) is 2. The highest BCUT2D eigenvalue weighted by Crippen LogP contribution is 2.24. The van der Waals surface area contributed by atoms with E-state index in [2.05, 4.69) is 37.0 Å². The molecule has 2 N–H and O–H groups in total. The number of methoxy groups -OCH3 is 1. The first kappa shape index (κ1) is 20.9. The van der Waals surface area contributed by atoms with Crippen LogP contribution in [0.3, 0.4) is 0 Å². The molecule has 1 heterocycles. The Labute approximate surface area is 180 Å². The summed E-state index contributed by atoms with van der Waals surface area (Å²) in [5.74, 6) is 0.770. The number of thioether (sulfide) groups is 1. The summed E-state index contributed by atoms with van der Waals surface area (Å²) in [4.78, 5) is 24.1. The lowest BCUT2D eigenvalue weighted by atomic mass is 10.2. The minimum Gasteiger partial charge on any atom is -0.497 e. The second-order valence-electron chi connectivity index (χ2n) is 5.89. The van der Waals surface area contributed by atoms with Crippen molar-refractivity contribution in [2.45, 2.75) is 5.16 Å². The maximum Gasteiger partial charge on any atom is 0.269 e. The SMILES string of the molecule is COc1ccc(-c2nnc(SCC(=O)NNC(=O)c3ccc(Br)cc3)n2C)cc1. The van der Waals surface area contributed by atoms with E-state index in [1.165, 1.54) is 11.8 Å². The van der Waals surface area contributed by atoms with Crippen molar-refractivity contribution in [2.24, 2.45) is 7.05 Å². The number of benzene rings is 2. The van der Waals surface area contributed by atoms with Gasteiger partial charge in [0.2, 0.25) is 5.91 Å². The van der Waals surface area contributed by atoms with Crippen molar-refractivity contribution in [3.8, 4) is 17.1 Å². The monoisotopic (exact) mass is 475 g/mol. The van der Waals surface area contributed by atoms with E-state index in [1.54, 1.807) is 35.9 Å². The number of rotatable bonds is 6. The minimum atomic E-state index is -0.392. The highest BCUT2D eigenvalue weighted by atomic mass is 79.9. The van der Waals surface area contributed by atoms with Gasteiger partial charge in [-0.25, -0.2) is 0 Å². The van der Waals surface area contributed by atoms with Crippen molar-refractivity contribution in [2.75, 3.05) is 12.9 Å². The van der Waals surface area contributed by atoms with Crippen molar-refractivity contribution in [3.63, 3.8) is 0 Å². The Morgan fingerprint density at radius 3 is 2.41 bits per heavy atom. The molecule has 0 bridgehead atoms. The van der Waals surface area contributed by atoms with Gasteiger partial charge in [0.15, 0.2) is 11.0 Å². The van der Waals surface area contributed by atoms with E-state index in [9.17, 15) is 9.59 Å². The molecular formula is C19H18BrN5O3S. The van der Waals surface area contributed by atoms with Crippen molar-refractivity contribution in [1.29, 1.82) is 0 Å². The molecule has 0 aliphatic heterocycles. The number of nitrogens with one attached hydrogen (secondary N) is 2. The highest BCUT2D eigenvalue weighted by Gasteiger charge is 2.14. The molecule has 150 valence electrons. The van der Waals surface area contributed by atoms with Crippen LogP contribution in [0.5, 0.6) is 5.75 Å². The molecule has 1 aromatic heterocycles. The Morgan fingerprint density at radius 2 is 1.76 bits per heavy atom. The Balaban J connectivity index is 1.53. The fourth-order valence-electron chi connectivity index (χ4n) is 2.40. The van der Waals surface area contributed by atoms with E-state index in [0.717, 1.165) is 15.8 Å². The number of nitrogens with zero attached hydrogens (tertiary/aromatic N) is 3. The van der Waals surface area contributed by atoms with E-state index >= 15 is 0 Å². The summed E-state index contributed by atoms with van der Waals surface area (Å²) < 4.78 is 7.83. The molecule has 0 unspecified atom stereocenters. The van der Waals surface area contributed by atoms with Crippen LogP contribution in [0.25, 0.3) is 11.4 Å². The molecule has 0 fully saturated rings. The van der Waals surface area contributed by atoms with Crippen LogP contribution in [0.2, 0.25) is 0 Å². The Hall–Kier alpha value is -2.85. The maximum absolute atomic E-state index is 12.0. The third kappa shape index (κ3) is 5.36. The summed E-state index contributed by atoms with van der Waals surface area (Å²) in [6.07, 6.45) is 0. The number of hydrogen-bond acceptors (Lipinski definition) is 6. The first-order valence-electron chi connectivity index (χ1n) is 8.49. The van der Waals surface area contributed by atoms with Crippen LogP contribution in [0, 0.1) is 0 Å². The molecule has 0 atom stereocenters. The van der Waals surface area contributed by atoms with Crippen LogP contribution in [0.1, 0.15) is 10.4 Å². The first-order chi connectivity index (χ1) is 14.0. The Bertz CT molecular complexity index is 1010. The van der Waals surface area contributed by atoms with Gasteiger partial charge in [-0.2, -0.15) is 0 Å². The van der Waals surface area contributed by atoms with Gasteiger partial charge >= 0.3 is 0 Å². The molecule has 0 spiro atoms. The van der Waals surface area contributed by atoms with Gasteiger partial charge in [-0.15, -0.1) is 10.2 Å². The Morgan fingerprint density at radius 1 is 1.07 bits per heavy atom. The van der Waals surface area contributed by atoms with Gasteiger partial charge in [0.05, 0.1) is 12.9 Å². The van der Waals surface area contributed by atoms with E-state index in [4.69, 9.17) is 4.74 Å². The van der Waals surface area contributed by atoms with Crippen LogP contribution < -0.4 is 15.6 Å². The summed E-state index contributed by atoms with van der Waals surface area (Å²) in [7, 11) is 3.44. The topological polar surface area (TPSA) is 98.1 Å². The second-order valence-corrected chi connectivity index (χ2v) is 7.75. The fraction of sp³-hybridized carbons (Fsp3) is 0.158. The molecule has 8 nitrogen and oxygen atoms in total. The Kier molecular flexibility index (Phi) is 6.89. The molecular weight excluding hydrogens is 458 g/mol. The predicted molar refractivity (Wildman–Crippen MR) is 113 cm³/mol. The zero-order chi connectivity index (χ0) is 20.8. The van der Waals surface area contributed by atoms with E-state index in [1.807, 2.05) is 31.3 Å². The van der Waals surface area contributed by atoms with Crippen molar-refractivity contribution < 1.29 is 14.3 Å². The largest absolute Gasteiger partial charge is 0.497 e. The standard InChI is InChI=1S/C19H18BrN5O3S/c1-25-17(12-5-9-15(28-2)10-6-12)22-24-19(25)29-11-16(26)21-23-18(27)13-3-7-14(20)8-4-13/h3-10H,11H2,1-2H3,(H,21,26)(H,23,27). The summed E-state index contributed by atoms with van der Waals surface area (Å²) in [6, 6.07) is 14.3. The van der Waals surface area contributed by atoms with E-state index in [-0.39, 0.29) is 11.7 Å². The van der Waals surface area contributed by atoms with Crippen LogP contribution in [-0.4, -0.2) is 39.4 Å². The zero-order valence-corrected chi connectivity index (χ0v) is 18.1. The average Bonchev–Trinajstić information content (AvgIpc) is 3.11. The van der Waals surface area contributed by atoms with Gasteiger partial charge in [0.25, 0.3) is 5.91 Å². The molecule has 3 rings (SSSR count). The number of carbonyl (C=O) groups is 2. The number of hydrazine groups is 1. The first-order valence-corrected chi connectivity index (χ1v) is 10.3. The smallest absolute Gasteiger partial charge is 0.269 e. The average molecular weight is 476 g/mol. The number of aromatic nitrogens is 3. The third-order valence-corrected chi connectivity index (χ3v) is 5.49. The summed E-state index contributed by atoms with van der Waals surface area (Å²) in [6.45, 7) is 0. The number of ether oxygens (including phenoxy) is 1. The van der Waals surface area contributed by atoms with Crippen molar-refractivity contribution >= 4 is 39.5 Å². The molecule has 3 aromatic rings. The van der Waals surface area contributed by atoms with E-state index < -0.39 is 5.91 Å². The highest BCUT2D eigenvalue weighted by molar-refractivity contribution is 9.10. The quantitative estimate of drug-likeness (QED) is 0.420. The maximum atomic E-state index is 12.0. The molecule has 0 saturated heterocycles. The van der Waals surface area contributed by atoms with Crippen molar-refractivity contribution in [1.82, 2.24) is 25.6 Å². The zero-order valence-electron chi connectivity index (χ0n) is 15.7. The molecule has 0 radical (unpaired) electrons. The van der Waals surface area contributed by atoms with Gasteiger partial charge < -0.3 is 9.30 Å².